The van der Waals surface area contributed by atoms with E-state index in [-0.39, 0.29) is 17.0 Å². The highest BCUT2D eigenvalue weighted by molar-refractivity contribution is 5.81. The number of nitrogens with two attached hydrogens (primary N) is 1. The molecule has 0 aromatic carbocycles. The number of aliphatic hydroxyl groups excluding tert-OH is 2. The molecule has 9 nitrogen and oxygen atoms in total. The molecule has 0 saturated carbocycles. The van der Waals surface area contributed by atoms with Gasteiger partial charge in [-0.25, -0.2) is 15.0 Å². The molecule has 2 aromatic rings. The molecular weight excluding hydrogens is 328 g/mol. The number of aromatic nitrogens is 4. The molecule has 3 rings (SSSR count). The Morgan fingerprint density at radius 3 is 2.88 bits per heavy atom. The van der Waals surface area contributed by atoms with Crippen LogP contribution in [0.3, 0.4) is 0 Å². The summed E-state index contributed by atoms with van der Waals surface area (Å²) in [6.45, 7) is -0.639. The minimum Gasteiger partial charge on any atom is -0.394 e. The van der Waals surface area contributed by atoms with E-state index in [1.807, 2.05) is 0 Å². The minimum atomic E-state index is -2.30. The summed E-state index contributed by atoms with van der Waals surface area (Å²) in [5.41, 5.74) is 5.29. The Labute approximate surface area is 133 Å². The molecule has 0 aliphatic carbocycles. The molecule has 0 unspecified atom stereocenters. The summed E-state index contributed by atoms with van der Waals surface area (Å²) < 4.78 is 31.4. The van der Waals surface area contributed by atoms with Crippen molar-refractivity contribution in [3.05, 3.63) is 30.5 Å². The molecule has 128 valence electrons. The van der Waals surface area contributed by atoms with Crippen LogP contribution in [0.2, 0.25) is 0 Å². The van der Waals surface area contributed by atoms with Crippen LogP contribution in [-0.2, 0) is 4.74 Å². The fourth-order valence-electron chi connectivity index (χ4n) is 2.59. The SMILES string of the molecule is Nc1ncnc2c1ncn2[C@@H]1O[C@H](CO)[C@@H](O)[C@]1(O)C=C=C(F)F. The maximum Gasteiger partial charge on any atom is 0.312 e. The van der Waals surface area contributed by atoms with E-state index < -0.39 is 36.7 Å². The van der Waals surface area contributed by atoms with Crippen molar-refractivity contribution in [1.82, 2.24) is 19.5 Å². The first kappa shape index (κ1) is 16.4. The van der Waals surface area contributed by atoms with Crippen molar-refractivity contribution >= 4 is 17.0 Å². The Morgan fingerprint density at radius 2 is 2.21 bits per heavy atom. The maximum atomic E-state index is 12.4. The van der Waals surface area contributed by atoms with E-state index in [0.29, 0.717) is 6.08 Å². The zero-order chi connectivity index (χ0) is 17.5. The zero-order valence-corrected chi connectivity index (χ0v) is 12.0. The molecule has 1 aliphatic heterocycles. The fraction of sp³-hybridized carbons (Fsp3) is 0.385. The monoisotopic (exact) mass is 341 g/mol. The van der Waals surface area contributed by atoms with Gasteiger partial charge in [-0.1, -0.05) is 5.73 Å². The lowest BCUT2D eigenvalue weighted by Crippen LogP contribution is -2.45. The first-order valence-corrected chi connectivity index (χ1v) is 6.77. The van der Waals surface area contributed by atoms with Crippen LogP contribution in [0.4, 0.5) is 14.6 Å². The third-order valence-electron chi connectivity index (χ3n) is 3.76. The number of ether oxygens (including phenoxy) is 1. The second kappa shape index (κ2) is 5.89. The summed E-state index contributed by atoms with van der Waals surface area (Å²) in [4.78, 5) is 11.7. The summed E-state index contributed by atoms with van der Waals surface area (Å²) in [6, 6.07) is 0. The van der Waals surface area contributed by atoms with Crippen LogP contribution < -0.4 is 5.73 Å². The van der Waals surface area contributed by atoms with Crippen LogP contribution in [0.25, 0.3) is 11.2 Å². The number of halogens is 2. The molecular formula is C13H13F2N5O4. The average molecular weight is 341 g/mol. The first-order valence-electron chi connectivity index (χ1n) is 6.77. The Hall–Kier alpha value is -2.43. The van der Waals surface area contributed by atoms with Gasteiger partial charge in [-0.15, -0.1) is 0 Å². The van der Waals surface area contributed by atoms with Crippen molar-refractivity contribution in [2.45, 2.75) is 24.0 Å². The van der Waals surface area contributed by atoms with Crippen LogP contribution in [0.15, 0.2) is 30.5 Å². The van der Waals surface area contributed by atoms with Gasteiger partial charge in [0.2, 0.25) is 0 Å². The van der Waals surface area contributed by atoms with E-state index in [0.717, 1.165) is 6.33 Å². The molecule has 2 aromatic heterocycles. The first-order chi connectivity index (χ1) is 11.4. The smallest absolute Gasteiger partial charge is 0.312 e. The molecule has 0 radical (unpaired) electrons. The van der Waals surface area contributed by atoms with Crippen molar-refractivity contribution in [3.8, 4) is 0 Å². The van der Waals surface area contributed by atoms with Gasteiger partial charge >= 0.3 is 6.08 Å². The number of imidazole rings is 1. The summed E-state index contributed by atoms with van der Waals surface area (Å²) in [5.74, 6) is 0.0739. The summed E-state index contributed by atoms with van der Waals surface area (Å²) in [5, 5.41) is 30.1. The molecule has 4 atom stereocenters. The van der Waals surface area contributed by atoms with Crippen molar-refractivity contribution in [3.63, 3.8) is 0 Å². The molecule has 0 bridgehead atoms. The molecule has 1 saturated heterocycles. The van der Waals surface area contributed by atoms with E-state index in [4.69, 9.17) is 10.5 Å². The Kier molecular flexibility index (Phi) is 4.03. The molecule has 24 heavy (non-hydrogen) atoms. The van der Waals surface area contributed by atoms with Crippen molar-refractivity contribution < 1.29 is 28.8 Å². The number of aliphatic hydroxyl groups is 3. The van der Waals surface area contributed by atoms with Gasteiger partial charge in [0.1, 0.15) is 24.1 Å². The van der Waals surface area contributed by atoms with E-state index in [2.05, 4.69) is 15.0 Å². The average Bonchev–Trinajstić information content (AvgIpc) is 3.07. The number of nitrogen functional groups attached to an aromatic ring is 1. The Bertz CT molecular complexity index is 833. The van der Waals surface area contributed by atoms with Gasteiger partial charge < -0.3 is 25.8 Å². The van der Waals surface area contributed by atoms with Gasteiger partial charge in [0, 0.05) is 6.08 Å². The summed E-state index contributed by atoms with van der Waals surface area (Å²) in [7, 11) is 0. The highest BCUT2D eigenvalue weighted by atomic mass is 19.3. The van der Waals surface area contributed by atoms with Crippen molar-refractivity contribution in [2.75, 3.05) is 12.3 Å². The van der Waals surface area contributed by atoms with E-state index in [1.165, 1.54) is 10.9 Å². The van der Waals surface area contributed by atoms with Crippen LogP contribution in [0.1, 0.15) is 6.23 Å². The highest BCUT2D eigenvalue weighted by Crippen LogP contribution is 2.40. The number of hydrogen-bond donors (Lipinski definition) is 4. The lowest BCUT2D eigenvalue weighted by Gasteiger charge is -2.27. The third kappa shape index (κ3) is 2.44. The van der Waals surface area contributed by atoms with Gasteiger partial charge in [-0.2, -0.15) is 8.78 Å². The van der Waals surface area contributed by atoms with Crippen LogP contribution in [0, 0.1) is 0 Å². The molecule has 5 N–H and O–H groups in total. The van der Waals surface area contributed by atoms with Gasteiger partial charge in [0.25, 0.3) is 0 Å². The second-order valence-corrected chi connectivity index (χ2v) is 5.17. The molecule has 0 amide bonds. The molecule has 11 heteroatoms. The maximum absolute atomic E-state index is 12.4. The standard InChI is InChI=1S/C13H13F2N5O4/c14-7(15)1-2-13(23)9(22)6(3-21)24-12(13)20-5-19-8-10(16)17-4-18-11(8)20/h2,4-6,9,12,21-23H,3H2,(H2,16,17,18)/t6-,9-,12-,13-/m1/s1. The lowest BCUT2D eigenvalue weighted by molar-refractivity contribution is -0.0772. The second-order valence-electron chi connectivity index (χ2n) is 5.17. The number of anilines is 1. The third-order valence-corrected chi connectivity index (χ3v) is 3.76. The summed E-state index contributed by atoms with van der Waals surface area (Å²) in [6.07, 6.45) is -3.53. The highest BCUT2D eigenvalue weighted by Gasteiger charge is 2.55. The summed E-state index contributed by atoms with van der Waals surface area (Å²) >= 11 is 0. The van der Waals surface area contributed by atoms with Crippen LogP contribution in [-0.4, -0.2) is 59.3 Å². The number of fused-ring (bicyclic) bond motifs is 1. The largest absolute Gasteiger partial charge is 0.394 e. The van der Waals surface area contributed by atoms with Gasteiger partial charge in [-0.3, -0.25) is 4.57 Å². The number of nitrogens with zero attached hydrogens (tertiary/aromatic N) is 4. The normalized spacial score (nSPS) is 29.6. The van der Waals surface area contributed by atoms with E-state index in [9.17, 15) is 24.1 Å². The van der Waals surface area contributed by atoms with Gasteiger partial charge in [0.15, 0.2) is 23.3 Å². The number of hydrogen-bond acceptors (Lipinski definition) is 8. The van der Waals surface area contributed by atoms with E-state index in [1.54, 1.807) is 5.73 Å². The lowest BCUT2D eigenvalue weighted by atomic mass is 9.94. The van der Waals surface area contributed by atoms with Crippen LogP contribution in [0.5, 0.6) is 0 Å². The predicted octanol–water partition coefficient (Wildman–Crippen LogP) is -0.674. The molecule has 1 aliphatic rings. The minimum absolute atomic E-state index is 0.0739. The fourth-order valence-corrected chi connectivity index (χ4v) is 2.59. The topological polar surface area (TPSA) is 140 Å². The van der Waals surface area contributed by atoms with Gasteiger partial charge in [-0.05, 0) is 0 Å². The van der Waals surface area contributed by atoms with Crippen molar-refractivity contribution in [2.24, 2.45) is 0 Å². The predicted molar refractivity (Wildman–Crippen MR) is 75.5 cm³/mol. The molecule has 3 heterocycles. The quantitative estimate of drug-likeness (QED) is 0.539. The van der Waals surface area contributed by atoms with Crippen LogP contribution >= 0.6 is 0 Å². The molecule has 0 spiro atoms. The Balaban J connectivity index is 2.16. The van der Waals surface area contributed by atoms with Gasteiger partial charge in [0.05, 0.1) is 12.9 Å². The zero-order valence-electron chi connectivity index (χ0n) is 12.0. The number of rotatable bonds is 3. The van der Waals surface area contributed by atoms with E-state index >= 15 is 0 Å². The Morgan fingerprint density at radius 1 is 1.46 bits per heavy atom. The van der Waals surface area contributed by atoms with Crippen molar-refractivity contribution in [1.29, 1.82) is 0 Å². The molecule has 1 fully saturated rings.